The molecular formula is C53H68F3N5O5Si. The molecule has 4 atom stereocenters. The van der Waals surface area contributed by atoms with E-state index in [0.717, 1.165) is 49.8 Å². The minimum Gasteiger partial charge on any atom is -0.468 e. The summed E-state index contributed by atoms with van der Waals surface area (Å²) in [6, 6.07) is 6.54. The first-order valence-corrected chi connectivity index (χ1v) is 26.8. The molecule has 1 aliphatic carbocycles. The van der Waals surface area contributed by atoms with Gasteiger partial charge in [0.05, 0.1) is 23.2 Å². The molecule has 1 aromatic heterocycles. The number of amides is 1. The molecule has 14 heteroatoms. The van der Waals surface area contributed by atoms with Crippen LogP contribution in [0.2, 0.25) is 16.6 Å². The summed E-state index contributed by atoms with van der Waals surface area (Å²) in [5.41, 5.74) is 6.50. The average molecular weight is 940 g/mol. The fraction of sp³-hybridized carbons (Fsp3) is 0.604. The quantitative estimate of drug-likeness (QED) is 0.0828. The zero-order valence-corrected chi connectivity index (χ0v) is 42.1. The number of hydrogen-bond acceptors (Lipinski definition) is 9. The second-order valence-corrected chi connectivity index (χ2v) is 27.4. The third-order valence-electron chi connectivity index (χ3n) is 15.7. The van der Waals surface area contributed by atoms with Crippen molar-refractivity contribution in [1.29, 1.82) is 0 Å². The maximum atomic E-state index is 18.6. The molecule has 0 radical (unpaired) electrons. The van der Waals surface area contributed by atoms with E-state index >= 15 is 8.78 Å². The van der Waals surface area contributed by atoms with Gasteiger partial charge in [-0.25, -0.2) is 18.0 Å². The zero-order chi connectivity index (χ0) is 47.7. The van der Waals surface area contributed by atoms with Crippen LogP contribution in [0, 0.1) is 23.1 Å². The second kappa shape index (κ2) is 18.1. The van der Waals surface area contributed by atoms with Crippen molar-refractivity contribution in [3.8, 4) is 34.4 Å². The van der Waals surface area contributed by atoms with Crippen LogP contribution in [0.15, 0.2) is 24.3 Å². The number of piperazine rings is 1. The molecule has 67 heavy (non-hydrogen) atoms. The van der Waals surface area contributed by atoms with Gasteiger partial charge in [0.25, 0.3) is 0 Å². The topological polar surface area (TPSA) is 89.5 Å². The Morgan fingerprint density at radius 3 is 2.30 bits per heavy atom. The lowest BCUT2D eigenvalue weighted by Crippen LogP contribution is -2.57. The molecule has 0 spiro atoms. The summed E-state index contributed by atoms with van der Waals surface area (Å²) in [7, 11) is -0.784. The highest BCUT2D eigenvalue weighted by Crippen LogP contribution is 2.49. The van der Waals surface area contributed by atoms with Crippen LogP contribution in [0.1, 0.15) is 118 Å². The molecule has 4 aromatic rings. The number of alkyl halides is 1. The number of methoxy groups -OCH3 is 1. The summed E-state index contributed by atoms with van der Waals surface area (Å²) >= 11 is 0. The Hall–Kier alpha value is -4.58. The zero-order valence-electron chi connectivity index (χ0n) is 41.1. The van der Waals surface area contributed by atoms with Crippen LogP contribution in [-0.4, -0.2) is 110 Å². The molecule has 4 saturated heterocycles. The van der Waals surface area contributed by atoms with Gasteiger partial charge in [0.2, 0.25) is 0 Å². The van der Waals surface area contributed by atoms with E-state index in [0.29, 0.717) is 94.4 Å². The van der Waals surface area contributed by atoms with Gasteiger partial charge in [-0.3, -0.25) is 9.80 Å². The van der Waals surface area contributed by atoms with Gasteiger partial charge >= 0.3 is 12.1 Å². The molecule has 5 aliphatic rings. The van der Waals surface area contributed by atoms with E-state index in [-0.39, 0.29) is 48.7 Å². The van der Waals surface area contributed by atoms with E-state index in [2.05, 4.69) is 62.8 Å². The lowest BCUT2D eigenvalue weighted by Gasteiger charge is -2.42. The summed E-state index contributed by atoms with van der Waals surface area (Å²) in [5.74, 6) is 3.42. The lowest BCUT2D eigenvalue weighted by atomic mass is 9.88. The van der Waals surface area contributed by atoms with Crippen molar-refractivity contribution < 1.29 is 36.9 Å². The third-order valence-corrected chi connectivity index (χ3v) is 21.9. The molecule has 2 bridgehead atoms. The number of halogens is 3. The van der Waals surface area contributed by atoms with E-state index < -0.39 is 37.0 Å². The van der Waals surface area contributed by atoms with E-state index in [1.807, 2.05) is 31.7 Å². The number of hydrogen-bond donors (Lipinski definition) is 0. The standard InChI is InChI=1S/C53H68F3N5O5Si/c1-31(2)67(32(3)4,33(5)6)22-19-41-43(55)18-15-34-23-38(65-30-63-10)24-42(44(34)41)45-39-13-11-14-40(39)46-48(47(45)56)57-50(64-29-53-20-12-21-60(53)26-35(54)25-53)58-49(46)59-27-36-16-17-37(28-59)61(36)51(62)66-52(7,8)9/h15,18,23-24,31-33,35-37H,11-14,16-17,20-21,25-30H2,1-10H3/t35-,36-,37+,53+/m1/s1. The molecular weight excluding hydrogens is 872 g/mol. The minimum absolute atomic E-state index is 0.0211. The first kappa shape index (κ1) is 47.5. The van der Waals surface area contributed by atoms with Crippen LogP contribution >= 0.6 is 0 Å². The monoisotopic (exact) mass is 939 g/mol. The first-order chi connectivity index (χ1) is 31.9. The SMILES string of the molecule is COCOc1cc(-c2c3c(c4c(N5C[C@H]6CC[C@@H](C5)N6C(=O)OC(C)(C)C)nc(OC[C@@]56CCCN5C[C@H](F)C6)nc4c2F)CCC3)c2c(C#C[Si](C(C)C)(C(C)C)C(C)C)c(F)ccc2c1. The third kappa shape index (κ3) is 8.43. The van der Waals surface area contributed by atoms with Gasteiger partial charge < -0.3 is 23.8 Å². The van der Waals surface area contributed by atoms with Crippen molar-refractivity contribution >= 4 is 41.7 Å². The van der Waals surface area contributed by atoms with Gasteiger partial charge in [0.15, 0.2) is 12.6 Å². The van der Waals surface area contributed by atoms with E-state index in [1.165, 1.54) is 6.07 Å². The maximum absolute atomic E-state index is 18.6. The predicted molar refractivity (Wildman–Crippen MR) is 260 cm³/mol. The van der Waals surface area contributed by atoms with Gasteiger partial charge in [-0.05, 0) is 129 Å². The summed E-state index contributed by atoms with van der Waals surface area (Å²) < 4.78 is 74.1. The number of anilines is 1. The number of benzene rings is 3. The normalized spacial score (nSPS) is 22.9. The minimum atomic E-state index is -2.33. The van der Waals surface area contributed by atoms with Crippen molar-refractivity contribution in [2.75, 3.05) is 51.6 Å². The van der Waals surface area contributed by atoms with Crippen molar-refractivity contribution in [1.82, 2.24) is 19.8 Å². The highest BCUT2D eigenvalue weighted by Gasteiger charge is 2.50. The fourth-order valence-corrected chi connectivity index (χ4v) is 18.1. The molecule has 3 aromatic carbocycles. The fourth-order valence-electron chi connectivity index (χ4n) is 12.9. The Balaban J connectivity index is 1.26. The largest absolute Gasteiger partial charge is 0.468 e. The lowest BCUT2D eigenvalue weighted by molar-refractivity contribution is 0.0122. The second-order valence-electron chi connectivity index (χ2n) is 21.8. The molecule has 9 rings (SSSR count). The van der Waals surface area contributed by atoms with Gasteiger partial charge in [-0.1, -0.05) is 53.5 Å². The number of carbonyl (C=O) groups excluding carboxylic acids is 1. The van der Waals surface area contributed by atoms with Crippen molar-refractivity contribution in [3.05, 3.63) is 52.6 Å². The molecule has 0 saturated carbocycles. The van der Waals surface area contributed by atoms with Crippen LogP contribution in [0.5, 0.6) is 11.8 Å². The molecule has 5 heterocycles. The van der Waals surface area contributed by atoms with Crippen LogP contribution in [-0.2, 0) is 22.3 Å². The Bertz CT molecular complexity index is 2610. The van der Waals surface area contributed by atoms with Crippen molar-refractivity contribution in [3.63, 3.8) is 0 Å². The summed E-state index contributed by atoms with van der Waals surface area (Å²) in [6.45, 7) is 21.2. The van der Waals surface area contributed by atoms with Gasteiger partial charge in [-0.2, -0.15) is 9.97 Å². The number of fused-ring (bicyclic) bond motifs is 7. The van der Waals surface area contributed by atoms with Crippen LogP contribution < -0.4 is 14.4 Å². The Labute approximate surface area is 395 Å². The molecule has 4 aliphatic heterocycles. The number of carbonyl (C=O) groups is 1. The number of rotatable bonds is 11. The number of aryl methyl sites for hydroxylation is 1. The van der Waals surface area contributed by atoms with Crippen molar-refractivity contribution in [2.24, 2.45) is 0 Å². The highest BCUT2D eigenvalue weighted by molar-refractivity contribution is 6.90. The summed E-state index contributed by atoms with van der Waals surface area (Å²) in [6.07, 6.45) is 4.43. The van der Waals surface area contributed by atoms with Crippen LogP contribution in [0.25, 0.3) is 32.8 Å². The van der Waals surface area contributed by atoms with Gasteiger partial charge in [0, 0.05) is 49.5 Å². The molecule has 1 amide bonds. The summed E-state index contributed by atoms with van der Waals surface area (Å²) in [4.78, 5) is 29.9. The Morgan fingerprint density at radius 2 is 1.63 bits per heavy atom. The predicted octanol–water partition coefficient (Wildman–Crippen LogP) is 11.3. The molecule has 0 unspecified atom stereocenters. The van der Waals surface area contributed by atoms with E-state index in [4.69, 9.17) is 28.9 Å². The van der Waals surface area contributed by atoms with E-state index in [1.54, 1.807) is 19.2 Å². The van der Waals surface area contributed by atoms with E-state index in [9.17, 15) is 9.18 Å². The number of ether oxygens (including phenoxy) is 4. The van der Waals surface area contributed by atoms with Crippen LogP contribution in [0.3, 0.4) is 0 Å². The molecule has 0 N–H and O–H groups in total. The average Bonchev–Trinajstić information content (AvgIpc) is 4.03. The first-order valence-electron chi connectivity index (χ1n) is 24.6. The molecule has 10 nitrogen and oxygen atoms in total. The molecule has 4 fully saturated rings. The highest BCUT2D eigenvalue weighted by atomic mass is 28.3. The smallest absolute Gasteiger partial charge is 0.410 e. The van der Waals surface area contributed by atoms with Crippen molar-refractivity contribution in [2.45, 2.75) is 160 Å². The van der Waals surface area contributed by atoms with Gasteiger partial charge in [0.1, 0.15) is 49.4 Å². The van der Waals surface area contributed by atoms with Gasteiger partial charge in [-0.15, -0.1) is 5.54 Å². The Morgan fingerprint density at radius 1 is 0.925 bits per heavy atom. The molecule has 360 valence electrons. The number of nitrogens with zero attached hydrogens (tertiary/aromatic N) is 5. The maximum Gasteiger partial charge on any atom is 0.410 e. The van der Waals surface area contributed by atoms with Crippen LogP contribution in [0.4, 0.5) is 23.8 Å². The number of aromatic nitrogens is 2. The Kier molecular flexibility index (Phi) is 12.8. The summed E-state index contributed by atoms with van der Waals surface area (Å²) in [5, 5.41) is 1.81.